The number of nitrogens with zero attached hydrogens (tertiary/aromatic N) is 1. The lowest BCUT2D eigenvalue weighted by Gasteiger charge is -2.20. The molecule has 98 valence electrons. The van der Waals surface area contributed by atoms with Gasteiger partial charge < -0.3 is 10.0 Å². The minimum Gasteiger partial charge on any atom is -0.396 e. The minimum absolute atomic E-state index is 0.105. The van der Waals surface area contributed by atoms with Gasteiger partial charge >= 0.3 is 0 Å². The van der Waals surface area contributed by atoms with Crippen LogP contribution in [0.2, 0.25) is 0 Å². The zero-order chi connectivity index (χ0) is 13.3. The first-order valence-electron chi connectivity index (χ1n) is 6.46. The zero-order valence-corrected chi connectivity index (χ0v) is 11.4. The second kappa shape index (κ2) is 5.11. The molecule has 0 aliphatic carbocycles. The normalized spacial score (nSPS) is 19.7. The van der Waals surface area contributed by atoms with E-state index in [1.807, 2.05) is 4.90 Å². The Morgan fingerprint density at radius 3 is 2.39 bits per heavy atom. The maximum atomic E-state index is 11.9. The van der Waals surface area contributed by atoms with Crippen molar-refractivity contribution >= 4 is 5.91 Å². The second-order valence-corrected chi connectivity index (χ2v) is 5.40. The van der Waals surface area contributed by atoms with Gasteiger partial charge in [-0.1, -0.05) is 17.7 Å². The van der Waals surface area contributed by atoms with Crippen molar-refractivity contribution in [3.8, 4) is 0 Å². The highest BCUT2D eigenvalue weighted by Gasteiger charge is 2.29. The van der Waals surface area contributed by atoms with Crippen molar-refractivity contribution in [3.63, 3.8) is 0 Å². The molecule has 0 radical (unpaired) electrons. The lowest BCUT2D eigenvalue weighted by Crippen LogP contribution is -2.25. The van der Waals surface area contributed by atoms with Crippen LogP contribution in [0, 0.1) is 26.7 Å². The van der Waals surface area contributed by atoms with Crippen LogP contribution in [-0.4, -0.2) is 29.1 Å². The summed E-state index contributed by atoms with van der Waals surface area (Å²) in [5, 5.41) is 9.13. The molecule has 1 N–H and O–H groups in total. The molecular formula is C15H21NO2. The van der Waals surface area contributed by atoms with E-state index >= 15 is 0 Å². The van der Waals surface area contributed by atoms with Gasteiger partial charge in [-0.05, 0) is 37.5 Å². The molecule has 2 rings (SSSR count). The van der Waals surface area contributed by atoms with Crippen molar-refractivity contribution in [3.05, 3.63) is 34.4 Å². The molecular weight excluding hydrogens is 226 g/mol. The Bertz CT molecular complexity index is 445. The summed E-state index contributed by atoms with van der Waals surface area (Å²) in [5.41, 5.74) is 4.99. The van der Waals surface area contributed by atoms with E-state index in [1.165, 1.54) is 22.3 Å². The molecule has 1 amide bonds. The molecule has 0 saturated carbocycles. The van der Waals surface area contributed by atoms with E-state index in [9.17, 15) is 4.79 Å². The van der Waals surface area contributed by atoms with Crippen molar-refractivity contribution in [2.75, 3.05) is 13.2 Å². The molecule has 1 atom stereocenters. The van der Waals surface area contributed by atoms with Crippen LogP contribution >= 0.6 is 0 Å². The summed E-state index contributed by atoms with van der Waals surface area (Å²) in [6.45, 7) is 7.74. The van der Waals surface area contributed by atoms with Crippen molar-refractivity contribution in [2.24, 2.45) is 5.92 Å². The summed E-state index contributed by atoms with van der Waals surface area (Å²) >= 11 is 0. The van der Waals surface area contributed by atoms with Crippen LogP contribution in [-0.2, 0) is 11.3 Å². The number of amides is 1. The predicted octanol–water partition coefficient (Wildman–Crippen LogP) is 1.95. The van der Waals surface area contributed by atoms with Gasteiger partial charge in [-0.25, -0.2) is 0 Å². The number of aliphatic hydroxyl groups excluding tert-OH is 1. The topological polar surface area (TPSA) is 40.5 Å². The summed E-state index contributed by atoms with van der Waals surface area (Å²) in [4.78, 5) is 13.7. The van der Waals surface area contributed by atoms with Crippen LogP contribution < -0.4 is 0 Å². The summed E-state index contributed by atoms with van der Waals surface area (Å²) < 4.78 is 0. The lowest BCUT2D eigenvalue weighted by atomic mass is 9.99. The van der Waals surface area contributed by atoms with Crippen LogP contribution in [0.3, 0.4) is 0 Å². The molecule has 1 aliphatic heterocycles. The standard InChI is InChI=1S/C15H21NO2/c1-10-4-11(2)14(12(3)5-10)8-16-7-13(9-17)6-15(16)18/h4-5,13,17H,6-9H2,1-3H3. The Morgan fingerprint density at radius 1 is 1.28 bits per heavy atom. The van der Waals surface area contributed by atoms with E-state index < -0.39 is 0 Å². The third-order valence-corrected chi connectivity index (χ3v) is 3.74. The molecule has 1 saturated heterocycles. The Morgan fingerprint density at radius 2 is 1.89 bits per heavy atom. The first kappa shape index (κ1) is 13.1. The van der Waals surface area contributed by atoms with Gasteiger partial charge in [-0.3, -0.25) is 4.79 Å². The summed E-state index contributed by atoms with van der Waals surface area (Å²) in [6.07, 6.45) is 0.487. The van der Waals surface area contributed by atoms with E-state index in [2.05, 4.69) is 32.9 Å². The first-order valence-corrected chi connectivity index (χ1v) is 6.46. The van der Waals surface area contributed by atoms with Crippen LogP contribution in [0.1, 0.15) is 28.7 Å². The summed E-state index contributed by atoms with van der Waals surface area (Å²) in [7, 11) is 0. The average molecular weight is 247 g/mol. The maximum absolute atomic E-state index is 11.9. The van der Waals surface area contributed by atoms with Gasteiger partial charge in [0.25, 0.3) is 0 Å². The highest BCUT2D eigenvalue weighted by atomic mass is 16.3. The molecule has 1 fully saturated rings. The molecule has 0 spiro atoms. The SMILES string of the molecule is Cc1cc(C)c(CN2CC(CO)CC2=O)c(C)c1. The Balaban J connectivity index is 2.17. The number of carbonyl (C=O) groups excluding carboxylic acids is 1. The molecule has 3 nitrogen and oxygen atoms in total. The van der Waals surface area contributed by atoms with Gasteiger partial charge in [0.1, 0.15) is 0 Å². The van der Waals surface area contributed by atoms with Gasteiger partial charge in [-0.15, -0.1) is 0 Å². The largest absolute Gasteiger partial charge is 0.396 e. The Labute approximate surface area is 108 Å². The smallest absolute Gasteiger partial charge is 0.223 e. The molecule has 1 aliphatic rings. The van der Waals surface area contributed by atoms with E-state index in [1.54, 1.807) is 0 Å². The molecule has 1 unspecified atom stereocenters. The number of hydrogen-bond donors (Lipinski definition) is 1. The lowest BCUT2D eigenvalue weighted by molar-refractivity contribution is -0.128. The van der Waals surface area contributed by atoms with Gasteiger partial charge in [-0.2, -0.15) is 0 Å². The number of aryl methyl sites for hydroxylation is 3. The Kier molecular flexibility index (Phi) is 3.71. The molecule has 0 aromatic heterocycles. The van der Waals surface area contributed by atoms with E-state index in [4.69, 9.17) is 5.11 Å². The number of benzene rings is 1. The van der Waals surface area contributed by atoms with Gasteiger partial charge in [0.15, 0.2) is 0 Å². The quantitative estimate of drug-likeness (QED) is 0.887. The molecule has 1 aromatic carbocycles. The van der Waals surface area contributed by atoms with Crippen molar-refractivity contribution in [1.82, 2.24) is 4.90 Å². The minimum atomic E-state index is 0.105. The van der Waals surface area contributed by atoms with Crippen LogP contribution in [0.15, 0.2) is 12.1 Å². The van der Waals surface area contributed by atoms with Crippen LogP contribution in [0.4, 0.5) is 0 Å². The summed E-state index contributed by atoms with van der Waals surface area (Å²) in [6, 6.07) is 4.32. The molecule has 18 heavy (non-hydrogen) atoms. The number of hydrogen-bond acceptors (Lipinski definition) is 2. The van der Waals surface area contributed by atoms with Gasteiger partial charge in [0, 0.05) is 32.0 Å². The third kappa shape index (κ3) is 2.56. The fraction of sp³-hybridized carbons (Fsp3) is 0.533. The van der Waals surface area contributed by atoms with E-state index in [0.717, 1.165) is 0 Å². The van der Waals surface area contributed by atoms with Crippen molar-refractivity contribution in [1.29, 1.82) is 0 Å². The fourth-order valence-corrected chi connectivity index (χ4v) is 2.78. The summed E-state index contributed by atoms with van der Waals surface area (Å²) in [5.74, 6) is 0.275. The number of carbonyl (C=O) groups is 1. The average Bonchev–Trinajstić information content (AvgIpc) is 2.64. The van der Waals surface area contributed by atoms with Crippen LogP contribution in [0.25, 0.3) is 0 Å². The number of aliphatic hydroxyl groups is 1. The van der Waals surface area contributed by atoms with Gasteiger partial charge in [0.05, 0.1) is 0 Å². The molecule has 1 heterocycles. The van der Waals surface area contributed by atoms with Gasteiger partial charge in [0.2, 0.25) is 5.91 Å². The van der Waals surface area contributed by atoms with Crippen molar-refractivity contribution < 1.29 is 9.90 Å². The first-order chi connectivity index (χ1) is 8.51. The van der Waals surface area contributed by atoms with Crippen molar-refractivity contribution in [2.45, 2.75) is 33.7 Å². The molecule has 1 aromatic rings. The predicted molar refractivity (Wildman–Crippen MR) is 71.3 cm³/mol. The second-order valence-electron chi connectivity index (χ2n) is 5.40. The third-order valence-electron chi connectivity index (χ3n) is 3.74. The monoisotopic (exact) mass is 247 g/mol. The zero-order valence-electron chi connectivity index (χ0n) is 11.4. The number of likely N-dealkylation sites (tertiary alicyclic amines) is 1. The van der Waals surface area contributed by atoms with E-state index in [0.29, 0.717) is 19.5 Å². The highest BCUT2D eigenvalue weighted by molar-refractivity contribution is 5.78. The number of rotatable bonds is 3. The maximum Gasteiger partial charge on any atom is 0.223 e. The van der Waals surface area contributed by atoms with Crippen LogP contribution in [0.5, 0.6) is 0 Å². The van der Waals surface area contributed by atoms with E-state index in [-0.39, 0.29) is 18.4 Å². The fourth-order valence-electron chi connectivity index (χ4n) is 2.78. The molecule has 0 bridgehead atoms. The highest BCUT2D eigenvalue weighted by Crippen LogP contribution is 2.23. The molecule has 3 heteroatoms. The Hall–Kier alpha value is -1.35.